The molecule has 4 nitrogen and oxygen atoms in total. The van der Waals surface area contributed by atoms with Gasteiger partial charge in [0.2, 0.25) is 0 Å². The maximum absolute atomic E-state index is 12.5. The molecule has 0 spiro atoms. The van der Waals surface area contributed by atoms with E-state index in [0.717, 1.165) is 17.5 Å². The van der Waals surface area contributed by atoms with Crippen molar-refractivity contribution in [3.8, 4) is 0 Å². The summed E-state index contributed by atoms with van der Waals surface area (Å²) in [7, 11) is 0. The smallest absolute Gasteiger partial charge is 0.326 e. The first-order valence-corrected chi connectivity index (χ1v) is 6.53. The van der Waals surface area contributed by atoms with E-state index < -0.39 is 12.0 Å². The molecule has 2 rings (SSSR count). The number of carboxylic acids is 1. The van der Waals surface area contributed by atoms with Crippen molar-refractivity contribution in [1.29, 1.82) is 0 Å². The molecular weight excluding hydrogens is 242 g/mol. The molecule has 2 atom stereocenters. The molecule has 1 aromatic carbocycles. The minimum Gasteiger partial charge on any atom is -0.480 e. The number of hydrogen-bond acceptors (Lipinski definition) is 2. The Bertz CT molecular complexity index is 524. The minimum atomic E-state index is -0.913. The van der Waals surface area contributed by atoms with Crippen molar-refractivity contribution in [2.75, 3.05) is 6.54 Å². The van der Waals surface area contributed by atoms with E-state index in [2.05, 4.69) is 0 Å². The normalized spacial score (nSPS) is 22.6. The second-order valence-corrected chi connectivity index (χ2v) is 5.37. The average molecular weight is 261 g/mol. The van der Waals surface area contributed by atoms with Gasteiger partial charge in [-0.2, -0.15) is 0 Å². The van der Waals surface area contributed by atoms with Gasteiger partial charge in [0.15, 0.2) is 0 Å². The van der Waals surface area contributed by atoms with Crippen molar-refractivity contribution in [1.82, 2.24) is 4.90 Å². The number of carbonyl (C=O) groups excluding carboxylic acids is 1. The summed E-state index contributed by atoms with van der Waals surface area (Å²) in [6.45, 7) is 6.21. The van der Waals surface area contributed by atoms with Crippen LogP contribution in [0, 0.1) is 19.8 Å². The van der Waals surface area contributed by atoms with Crippen molar-refractivity contribution in [3.63, 3.8) is 0 Å². The zero-order valence-corrected chi connectivity index (χ0v) is 11.5. The summed E-state index contributed by atoms with van der Waals surface area (Å²) in [4.78, 5) is 25.4. The monoisotopic (exact) mass is 261 g/mol. The molecule has 0 aromatic heterocycles. The molecular formula is C15H19NO3. The summed E-state index contributed by atoms with van der Waals surface area (Å²) in [5.74, 6) is -1.08. The fraction of sp³-hybridized carbons (Fsp3) is 0.467. The molecule has 0 saturated carbocycles. The highest BCUT2D eigenvalue weighted by Gasteiger charge is 2.39. The highest BCUT2D eigenvalue weighted by atomic mass is 16.4. The number of nitrogens with zero attached hydrogens (tertiary/aromatic N) is 1. The van der Waals surface area contributed by atoms with Crippen molar-refractivity contribution in [2.45, 2.75) is 33.2 Å². The molecule has 2 unspecified atom stereocenters. The lowest BCUT2D eigenvalue weighted by Gasteiger charge is -2.24. The van der Waals surface area contributed by atoms with E-state index in [1.807, 2.05) is 39.0 Å². The van der Waals surface area contributed by atoms with Crippen LogP contribution in [0.1, 0.15) is 34.8 Å². The van der Waals surface area contributed by atoms with E-state index in [-0.39, 0.29) is 11.8 Å². The van der Waals surface area contributed by atoms with Crippen molar-refractivity contribution >= 4 is 11.9 Å². The van der Waals surface area contributed by atoms with Crippen LogP contribution in [0.3, 0.4) is 0 Å². The van der Waals surface area contributed by atoms with Gasteiger partial charge in [-0.15, -0.1) is 0 Å². The first-order chi connectivity index (χ1) is 8.91. The number of rotatable bonds is 2. The molecule has 1 amide bonds. The number of aliphatic carboxylic acids is 1. The molecule has 102 valence electrons. The molecule has 1 fully saturated rings. The first kappa shape index (κ1) is 13.6. The Morgan fingerprint density at radius 1 is 1.32 bits per heavy atom. The predicted molar refractivity (Wildman–Crippen MR) is 72.2 cm³/mol. The zero-order valence-electron chi connectivity index (χ0n) is 11.5. The zero-order chi connectivity index (χ0) is 14.2. The van der Waals surface area contributed by atoms with Crippen LogP contribution in [0.5, 0.6) is 0 Å². The number of hydrogen-bond donors (Lipinski definition) is 1. The van der Waals surface area contributed by atoms with Crippen LogP contribution < -0.4 is 0 Å². The summed E-state index contributed by atoms with van der Waals surface area (Å²) < 4.78 is 0. The molecule has 1 aliphatic heterocycles. The molecule has 0 bridgehead atoms. The van der Waals surface area contributed by atoms with Gasteiger partial charge in [0.1, 0.15) is 6.04 Å². The summed E-state index contributed by atoms with van der Waals surface area (Å²) in [6.07, 6.45) is 0.744. The van der Waals surface area contributed by atoms with Gasteiger partial charge in [-0.1, -0.05) is 24.6 Å². The number of likely N-dealkylation sites (tertiary alicyclic amines) is 1. The number of carboxylic acid groups (broad SMARTS) is 1. The molecule has 1 N–H and O–H groups in total. The van der Waals surface area contributed by atoms with Crippen molar-refractivity contribution in [3.05, 3.63) is 34.9 Å². The van der Waals surface area contributed by atoms with E-state index in [4.69, 9.17) is 0 Å². The van der Waals surface area contributed by atoms with Gasteiger partial charge in [0, 0.05) is 12.1 Å². The number of amides is 1. The Kier molecular flexibility index (Phi) is 3.60. The number of benzene rings is 1. The fourth-order valence-electron chi connectivity index (χ4n) is 2.67. The molecule has 1 aromatic rings. The molecule has 19 heavy (non-hydrogen) atoms. The standard InChI is InChI=1S/C15H19NO3/c1-9-4-5-10(2)12(8-9)14(17)16-7-6-11(3)13(16)15(18)19/h4-5,8,11,13H,6-7H2,1-3H3,(H,18,19). The quantitative estimate of drug-likeness (QED) is 0.888. The fourth-order valence-corrected chi connectivity index (χ4v) is 2.67. The molecule has 0 aliphatic carbocycles. The number of carbonyl (C=O) groups is 2. The second kappa shape index (κ2) is 5.03. The first-order valence-electron chi connectivity index (χ1n) is 6.53. The maximum atomic E-state index is 12.5. The topological polar surface area (TPSA) is 57.6 Å². The molecule has 1 aliphatic rings. The van der Waals surface area contributed by atoms with Crippen LogP contribution in [-0.4, -0.2) is 34.5 Å². The van der Waals surface area contributed by atoms with Gasteiger partial charge in [-0.3, -0.25) is 4.79 Å². The summed E-state index contributed by atoms with van der Waals surface area (Å²) in [5, 5.41) is 9.28. The maximum Gasteiger partial charge on any atom is 0.326 e. The second-order valence-electron chi connectivity index (χ2n) is 5.37. The average Bonchev–Trinajstić information content (AvgIpc) is 2.73. The van der Waals surface area contributed by atoms with Gasteiger partial charge in [-0.25, -0.2) is 4.79 Å². The molecule has 1 saturated heterocycles. The van der Waals surface area contributed by atoms with Gasteiger partial charge in [0.25, 0.3) is 5.91 Å². The van der Waals surface area contributed by atoms with Crippen LogP contribution in [0.15, 0.2) is 18.2 Å². The van der Waals surface area contributed by atoms with Crippen LogP contribution >= 0.6 is 0 Å². The van der Waals surface area contributed by atoms with E-state index in [0.29, 0.717) is 12.1 Å². The lowest BCUT2D eigenvalue weighted by molar-refractivity contribution is -0.142. The molecule has 1 heterocycles. The summed E-state index contributed by atoms with van der Waals surface area (Å²) in [6, 6.07) is 4.98. The van der Waals surface area contributed by atoms with Crippen LogP contribution in [0.25, 0.3) is 0 Å². The third-order valence-electron chi connectivity index (χ3n) is 3.84. The Morgan fingerprint density at radius 3 is 2.63 bits per heavy atom. The Morgan fingerprint density at radius 2 is 2.00 bits per heavy atom. The van der Waals surface area contributed by atoms with E-state index >= 15 is 0 Å². The highest BCUT2D eigenvalue weighted by molar-refractivity contribution is 5.98. The molecule has 0 radical (unpaired) electrons. The largest absolute Gasteiger partial charge is 0.480 e. The lowest BCUT2D eigenvalue weighted by Crippen LogP contribution is -2.43. The van der Waals surface area contributed by atoms with Crippen LogP contribution in [0.4, 0.5) is 0 Å². The van der Waals surface area contributed by atoms with Gasteiger partial charge >= 0.3 is 5.97 Å². The third-order valence-corrected chi connectivity index (χ3v) is 3.84. The predicted octanol–water partition coefficient (Wildman–Crippen LogP) is 2.24. The third kappa shape index (κ3) is 2.48. The Labute approximate surface area is 113 Å². The van der Waals surface area contributed by atoms with E-state index in [9.17, 15) is 14.7 Å². The van der Waals surface area contributed by atoms with Crippen LogP contribution in [-0.2, 0) is 4.79 Å². The number of aryl methyl sites for hydroxylation is 2. The Balaban J connectivity index is 2.33. The van der Waals surface area contributed by atoms with E-state index in [1.54, 1.807) is 0 Å². The lowest BCUT2D eigenvalue weighted by atomic mass is 10.0. The van der Waals surface area contributed by atoms with Gasteiger partial charge < -0.3 is 10.0 Å². The van der Waals surface area contributed by atoms with Crippen LogP contribution in [0.2, 0.25) is 0 Å². The van der Waals surface area contributed by atoms with E-state index in [1.165, 1.54) is 4.90 Å². The van der Waals surface area contributed by atoms with Crippen molar-refractivity contribution in [2.24, 2.45) is 5.92 Å². The van der Waals surface area contributed by atoms with Crippen molar-refractivity contribution < 1.29 is 14.7 Å². The SMILES string of the molecule is Cc1ccc(C)c(C(=O)N2CCC(C)C2C(=O)O)c1. The molecule has 4 heteroatoms. The van der Waals surface area contributed by atoms with Gasteiger partial charge in [-0.05, 0) is 37.8 Å². The highest BCUT2D eigenvalue weighted by Crippen LogP contribution is 2.27. The Hall–Kier alpha value is -1.84. The van der Waals surface area contributed by atoms with Gasteiger partial charge in [0.05, 0.1) is 0 Å². The summed E-state index contributed by atoms with van der Waals surface area (Å²) in [5.41, 5.74) is 2.51. The minimum absolute atomic E-state index is 0.00608. The summed E-state index contributed by atoms with van der Waals surface area (Å²) >= 11 is 0.